The van der Waals surface area contributed by atoms with E-state index < -0.39 is 0 Å². The first-order valence-corrected chi connectivity index (χ1v) is 12.5. The average Bonchev–Trinajstić information content (AvgIpc) is 2.91. The summed E-state index contributed by atoms with van der Waals surface area (Å²) in [5.41, 5.74) is 4.99. The molecule has 5 nitrogen and oxygen atoms in total. The highest BCUT2D eigenvalue weighted by molar-refractivity contribution is 5.94. The van der Waals surface area contributed by atoms with Gasteiger partial charge in [0.1, 0.15) is 0 Å². The van der Waals surface area contributed by atoms with Crippen LogP contribution in [-0.4, -0.2) is 59.9 Å². The summed E-state index contributed by atoms with van der Waals surface area (Å²) in [5, 5.41) is 9.48. The molecule has 0 N–H and O–H groups in total. The van der Waals surface area contributed by atoms with Crippen molar-refractivity contribution in [3.8, 4) is 6.07 Å². The molecule has 0 aromatic heterocycles. The first kappa shape index (κ1) is 24.7. The Hall–Kier alpha value is -3.46. The molecule has 1 atom stereocenters. The van der Waals surface area contributed by atoms with Crippen molar-refractivity contribution in [1.82, 2.24) is 14.7 Å². The van der Waals surface area contributed by atoms with E-state index >= 15 is 0 Å². The molecule has 1 aliphatic heterocycles. The molecule has 0 saturated carbocycles. The van der Waals surface area contributed by atoms with Crippen molar-refractivity contribution in [1.29, 1.82) is 5.26 Å². The molecule has 0 aliphatic carbocycles. The third-order valence-corrected chi connectivity index (χ3v) is 6.88. The minimum atomic E-state index is 0.0415. The third kappa shape index (κ3) is 5.97. The molecule has 1 heterocycles. The van der Waals surface area contributed by atoms with Crippen molar-refractivity contribution >= 4 is 5.91 Å². The van der Waals surface area contributed by atoms with Gasteiger partial charge >= 0.3 is 0 Å². The van der Waals surface area contributed by atoms with Crippen LogP contribution < -0.4 is 0 Å². The van der Waals surface area contributed by atoms with Crippen molar-refractivity contribution in [3.63, 3.8) is 0 Å². The van der Waals surface area contributed by atoms with E-state index in [1.54, 1.807) is 0 Å². The smallest absolute Gasteiger partial charge is 0.253 e. The minimum absolute atomic E-state index is 0.0415. The fraction of sp³-hybridized carbons (Fsp3) is 0.333. The molecule has 3 aromatic carbocycles. The molecule has 1 amide bonds. The van der Waals surface area contributed by atoms with E-state index in [0.717, 1.165) is 49.4 Å². The lowest BCUT2D eigenvalue weighted by Crippen LogP contribution is -2.47. The third-order valence-electron chi connectivity index (χ3n) is 6.88. The van der Waals surface area contributed by atoms with Gasteiger partial charge in [0.15, 0.2) is 0 Å². The van der Waals surface area contributed by atoms with Gasteiger partial charge in [0.2, 0.25) is 0 Å². The lowest BCUT2D eigenvalue weighted by molar-refractivity contribution is 0.0773. The second-order valence-electron chi connectivity index (χ2n) is 9.04. The zero-order chi connectivity index (χ0) is 24.6. The monoisotopic (exact) mass is 466 g/mol. The first-order valence-electron chi connectivity index (χ1n) is 12.5. The summed E-state index contributed by atoms with van der Waals surface area (Å²) in [7, 11) is 0. The van der Waals surface area contributed by atoms with Crippen LogP contribution in [0.1, 0.15) is 52.5 Å². The van der Waals surface area contributed by atoms with Crippen LogP contribution in [0, 0.1) is 11.3 Å². The Labute approximate surface area is 209 Å². The fourth-order valence-corrected chi connectivity index (χ4v) is 4.92. The van der Waals surface area contributed by atoms with Crippen LogP contribution in [0.15, 0.2) is 78.9 Å². The Morgan fingerprint density at radius 2 is 1.57 bits per heavy atom. The lowest BCUT2D eigenvalue weighted by Gasteiger charge is -2.40. The molecule has 0 spiro atoms. The number of rotatable bonds is 8. The number of nitriles is 1. The van der Waals surface area contributed by atoms with Gasteiger partial charge in [0.25, 0.3) is 5.91 Å². The molecule has 0 radical (unpaired) electrons. The Bertz CT molecular complexity index is 1140. The summed E-state index contributed by atoms with van der Waals surface area (Å²) in [6.45, 7) is 10.2. The van der Waals surface area contributed by atoms with Crippen LogP contribution in [-0.2, 0) is 6.54 Å². The minimum Gasteiger partial charge on any atom is -0.339 e. The van der Waals surface area contributed by atoms with Crippen molar-refractivity contribution in [2.75, 3.05) is 39.3 Å². The highest BCUT2D eigenvalue weighted by atomic mass is 16.2. The van der Waals surface area contributed by atoms with Gasteiger partial charge in [-0.15, -0.1) is 0 Å². The van der Waals surface area contributed by atoms with E-state index in [2.05, 4.69) is 64.4 Å². The van der Waals surface area contributed by atoms with Crippen molar-refractivity contribution < 1.29 is 4.79 Å². The van der Waals surface area contributed by atoms with E-state index in [9.17, 15) is 10.1 Å². The topological polar surface area (TPSA) is 50.6 Å². The van der Waals surface area contributed by atoms with Gasteiger partial charge < -0.3 is 4.90 Å². The fourth-order valence-electron chi connectivity index (χ4n) is 4.92. The molecule has 1 unspecified atom stereocenters. The Morgan fingerprint density at radius 1 is 0.886 bits per heavy atom. The predicted molar refractivity (Wildman–Crippen MR) is 140 cm³/mol. The number of nitrogens with zero attached hydrogens (tertiary/aromatic N) is 4. The second-order valence-corrected chi connectivity index (χ2v) is 9.04. The van der Waals surface area contributed by atoms with Crippen molar-refractivity contribution in [2.24, 2.45) is 0 Å². The van der Waals surface area contributed by atoms with E-state index in [1.807, 2.05) is 49.1 Å². The Balaban J connectivity index is 1.56. The molecule has 5 heteroatoms. The van der Waals surface area contributed by atoms with Crippen molar-refractivity contribution in [3.05, 3.63) is 107 Å². The maximum Gasteiger partial charge on any atom is 0.253 e. The molecule has 35 heavy (non-hydrogen) atoms. The molecule has 1 fully saturated rings. The summed E-state index contributed by atoms with van der Waals surface area (Å²) < 4.78 is 0. The number of hydrogen-bond acceptors (Lipinski definition) is 4. The molecule has 1 aliphatic rings. The molecule has 180 valence electrons. The number of hydrogen-bond donors (Lipinski definition) is 0. The maximum absolute atomic E-state index is 12.8. The second kappa shape index (κ2) is 11.8. The number of carbonyl (C=O) groups is 1. The summed E-state index contributed by atoms with van der Waals surface area (Å²) in [5.74, 6) is 0.0686. The standard InChI is InChI=1S/C30H34N4O/c1-3-33(4-2)30(35)27-15-13-26(14-16-27)29(28-12-8-11-25(21-28)22-31)34-19-17-32(18-20-34)23-24-9-6-5-7-10-24/h5-16,21,29H,3-4,17-20,23H2,1-2H3. The summed E-state index contributed by atoms with van der Waals surface area (Å²) in [4.78, 5) is 19.6. The van der Waals surface area contributed by atoms with E-state index in [-0.39, 0.29) is 11.9 Å². The van der Waals surface area contributed by atoms with Gasteiger partial charge in [-0.05, 0) is 54.8 Å². The average molecular weight is 467 g/mol. The van der Waals surface area contributed by atoms with E-state index in [0.29, 0.717) is 18.7 Å². The molecule has 3 aromatic rings. The maximum atomic E-state index is 12.8. The Kier molecular flexibility index (Phi) is 8.31. The van der Waals surface area contributed by atoms with Gasteiger partial charge in [-0.25, -0.2) is 0 Å². The SMILES string of the molecule is CCN(CC)C(=O)c1ccc(C(c2cccc(C#N)c2)N2CCN(Cc3ccccc3)CC2)cc1. The van der Waals surface area contributed by atoms with E-state index in [1.165, 1.54) is 5.56 Å². The largest absolute Gasteiger partial charge is 0.339 e. The van der Waals surface area contributed by atoms with Gasteiger partial charge in [0.05, 0.1) is 17.7 Å². The molecule has 1 saturated heterocycles. The first-order chi connectivity index (χ1) is 17.1. The van der Waals surface area contributed by atoms with Crippen LogP contribution in [0.4, 0.5) is 0 Å². The predicted octanol–water partition coefficient (Wildman–Crippen LogP) is 4.95. The van der Waals surface area contributed by atoms with Crippen LogP contribution in [0.2, 0.25) is 0 Å². The molecule has 4 rings (SSSR count). The zero-order valence-corrected chi connectivity index (χ0v) is 20.7. The Morgan fingerprint density at radius 3 is 2.20 bits per heavy atom. The summed E-state index contributed by atoms with van der Waals surface area (Å²) in [6, 6.07) is 28.9. The number of benzene rings is 3. The summed E-state index contributed by atoms with van der Waals surface area (Å²) in [6.07, 6.45) is 0. The number of carbonyl (C=O) groups excluding carboxylic acids is 1. The van der Waals surface area contributed by atoms with Gasteiger partial charge in [-0.1, -0.05) is 54.6 Å². The number of piperazine rings is 1. The van der Waals surface area contributed by atoms with Crippen LogP contribution in [0.5, 0.6) is 0 Å². The number of amides is 1. The van der Waals surface area contributed by atoms with Crippen LogP contribution in [0.25, 0.3) is 0 Å². The van der Waals surface area contributed by atoms with Gasteiger partial charge in [0, 0.05) is 51.4 Å². The van der Waals surface area contributed by atoms with Crippen LogP contribution >= 0.6 is 0 Å². The molecular weight excluding hydrogens is 432 g/mol. The quantitative estimate of drug-likeness (QED) is 0.471. The summed E-state index contributed by atoms with van der Waals surface area (Å²) >= 11 is 0. The normalized spacial score (nSPS) is 15.3. The highest BCUT2D eigenvalue weighted by Gasteiger charge is 2.27. The van der Waals surface area contributed by atoms with E-state index in [4.69, 9.17) is 0 Å². The van der Waals surface area contributed by atoms with Crippen LogP contribution in [0.3, 0.4) is 0 Å². The lowest BCUT2D eigenvalue weighted by atomic mass is 9.94. The van der Waals surface area contributed by atoms with Gasteiger partial charge in [-0.2, -0.15) is 5.26 Å². The zero-order valence-electron chi connectivity index (χ0n) is 20.7. The highest BCUT2D eigenvalue weighted by Crippen LogP contribution is 2.31. The molecular formula is C30H34N4O. The molecule has 0 bridgehead atoms. The van der Waals surface area contributed by atoms with Gasteiger partial charge in [-0.3, -0.25) is 14.6 Å². The van der Waals surface area contributed by atoms with Crippen molar-refractivity contribution in [2.45, 2.75) is 26.4 Å².